The number of ether oxygens (including phenoxy) is 2. The topological polar surface area (TPSA) is 178 Å². The van der Waals surface area contributed by atoms with Crippen molar-refractivity contribution in [3.63, 3.8) is 0 Å². The molecule has 38 heavy (non-hydrogen) atoms. The van der Waals surface area contributed by atoms with Crippen LogP contribution >= 0.6 is 19.3 Å². The number of benzene rings is 1. The second-order valence-electron chi connectivity index (χ2n) is 8.62. The molecule has 4 N–H and O–H groups in total. The molecule has 2 rings (SSSR count). The maximum Gasteiger partial charge on any atom is 0.459 e. The lowest BCUT2D eigenvalue weighted by Gasteiger charge is -2.38. The SMILES string of the molecule is CO[C@](F)(COP(=O)(NC(C)C(=O)OC(C)C)Oc1ccc(Cl)cc1)[C@@H](O)[C@@](C)(O)n1ccc(=O)[nH]c1=O. The lowest BCUT2D eigenvalue weighted by atomic mass is 10.0. The molecule has 0 bridgehead atoms. The summed E-state index contributed by atoms with van der Waals surface area (Å²) in [5.74, 6) is -4.16. The van der Waals surface area contributed by atoms with Gasteiger partial charge in [-0.1, -0.05) is 11.6 Å². The highest BCUT2D eigenvalue weighted by molar-refractivity contribution is 7.52. The maximum atomic E-state index is 15.8. The number of alkyl halides is 1. The average Bonchev–Trinajstić information content (AvgIpc) is 2.83. The largest absolute Gasteiger partial charge is 0.462 e. The second-order valence-corrected chi connectivity index (χ2v) is 10.7. The van der Waals surface area contributed by atoms with E-state index in [1.54, 1.807) is 13.8 Å². The van der Waals surface area contributed by atoms with E-state index >= 15 is 4.39 Å². The summed E-state index contributed by atoms with van der Waals surface area (Å²) in [5, 5.41) is 24.2. The summed E-state index contributed by atoms with van der Waals surface area (Å²) in [7, 11) is -3.80. The van der Waals surface area contributed by atoms with Gasteiger partial charge in [0.05, 0.1) is 6.10 Å². The van der Waals surface area contributed by atoms with Gasteiger partial charge in [-0.25, -0.2) is 13.8 Å². The van der Waals surface area contributed by atoms with Gasteiger partial charge in [-0.3, -0.25) is 23.7 Å². The number of hydrogen-bond acceptors (Lipinski definition) is 10. The third-order valence-electron chi connectivity index (χ3n) is 5.11. The van der Waals surface area contributed by atoms with E-state index in [-0.39, 0.29) is 5.75 Å². The Bertz CT molecular complexity index is 1270. The van der Waals surface area contributed by atoms with Gasteiger partial charge in [-0.05, 0) is 52.0 Å². The Morgan fingerprint density at radius 2 is 1.84 bits per heavy atom. The van der Waals surface area contributed by atoms with Crippen molar-refractivity contribution in [1.82, 2.24) is 14.6 Å². The van der Waals surface area contributed by atoms with E-state index in [9.17, 15) is 29.2 Å². The van der Waals surface area contributed by atoms with Gasteiger partial charge in [-0.15, -0.1) is 0 Å². The molecule has 1 heterocycles. The molecular formula is C22H30ClFN3O10P. The number of aromatic amines is 1. The number of carbonyl (C=O) groups excluding carboxylic acids is 1. The van der Waals surface area contributed by atoms with E-state index in [4.69, 9.17) is 30.1 Å². The molecule has 0 saturated carbocycles. The van der Waals surface area contributed by atoms with Crippen LogP contribution in [0.5, 0.6) is 5.75 Å². The predicted molar refractivity (Wildman–Crippen MR) is 134 cm³/mol. The minimum Gasteiger partial charge on any atom is -0.462 e. The van der Waals surface area contributed by atoms with Gasteiger partial charge in [0, 0.05) is 24.4 Å². The number of aromatic nitrogens is 2. The lowest BCUT2D eigenvalue weighted by molar-refractivity contribution is -0.273. The molecule has 1 aromatic heterocycles. The van der Waals surface area contributed by atoms with E-state index in [0.717, 1.165) is 26.3 Å². The van der Waals surface area contributed by atoms with Crippen molar-refractivity contribution in [3.05, 3.63) is 62.4 Å². The smallest absolute Gasteiger partial charge is 0.459 e. The molecule has 13 nitrogen and oxygen atoms in total. The fourth-order valence-corrected chi connectivity index (χ4v) is 4.72. The number of aliphatic hydroxyl groups is 2. The highest BCUT2D eigenvalue weighted by Gasteiger charge is 2.52. The van der Waals surface area contributed by atoms with Gasteiger partial charge in [0.2, 0.25) is 0 Å². The number of rotatable bonds is 13. The predicted octanol–water partition coefficient (Wildman–Crippen LogP) is 1.66. The van der Waals surface area contributed by atoms with Crippen LogP contribution < -0.4 is 20.9 Å². The molecule has 0 saturated heterocycles. The van der Waals surface area contributed by atoms with Crippen molar-refractivity contribution in [2.24, 2.45) is 0 Å². The standard InChI is InChI=1S/C22H30ClFN3O10P/c1-13(2)36-18(29)14(3)26-38(33,37-16-8-6-15(23)7-9-16)35-12-22(24,34-5)19(30)21(4,32)27-11-10-17(28)25-20(27)31/h6-11,13-14,19,30,32H,12H2,1-5H3,(H,26,33)(H,25,28,31)/t14?,19-,21+,22+,38?/m0/s1. The minimum absolute atomic E-state index is 0.0381. The van der Waals surface area contributed by atoms with Crippen molar-refractivity contribution in [2.45, 2.75) is 57.5 Å². The number of methoxy groups -OCH3 is 1. The summed E-state index contributed by atoms with van der Waals surface area (Å²) in [5.41, 5.74) is -4.65. The second kappa shape index (κ2) is 12.5. The van der Waals surface area contributed by atoms with Crippen molar-refractivity contribution >= 4 is 25.3 Å². The highest BCUT2D eigenvalue weighted by Crippen LogP contribution is 2.47. The highest BCUT2D eigenvalue weighted by atomic mass is 35.5. The van der Waals surface area contributed by atoms with Crippen LogP contribution in [0.4, 0.5) is 4.39 Å². The fraction of sp³-hybridized carbons (Fsp3) is 0.500. The van der Waals surface area contributed by atoms with E-state index < -0.39 is 61.4 Å². The Labute approximate surface area is 222 Å². The Balaban J connectivity index is 2.36. The zero-order valence-electron chi connectivity index (χ0n) is 21.2. The van der Waals surface area contributed by atoms with Crippen LogP contribution in [-0.2, 0) is 29.1 Å². The number of esters is 1. The van der Waals surface area contributed by atoms with Crippen molar-refractivity contribution < 1.29 is 42.5 Å². The van der Waals surface area contributed by atoms with Crippen molar-refractivity contribution in [1.29, 1.82) is 0 Å². The molecule has 0 fully saturated rings. The average molecular weight is 582 g/mol. The Hall–Kier alpha value is -2.58. The molecule has 5 atom stereocenters. The molecule has 0 aliphatic carbocycles. The summed E-state index contributed by atoms with van der Waals surface area (Å²) >= 11 is 5.85. The van der Waals surface area contributed by atoms with Gasteiger partial charge >= 0.3 is 19.4 Å². The van der Waals surface area contributed by atoms with E-state index in [2.05, 4.69) is 5.09 Å². The van der Waals surface area contributed by atoms with E-state index in [1.165, 1.54) is 31.2 Å². The van der Waals surface area contributed by atoms with Gasteiger partial charge < -0.3 is 24.2 Å². The molecular weight excluding hydrogens is 552 g/mol. The zero-order valence-corrected chi connectivity index (χ0v) is 22.9. The van der Waals surface area contributed by atoms with E-state index in [1.807, 2.05) is 4.98 Å². The first-order valence-corrected chi connectivity index (χ1v) is 13.1. The normalized spacial score (nSPS) is 18.1. The molecule has 0 radical (unpaired) electrons. The maximum absolute atomic E-state index is 15.8. The monoisotopic (exact) mass is 581 g/mol. The van der Waals surface area contributed by atoms with Crippen LogP contribution in [0, 0.1) is 0 Å². The van der Waals surface area contributed by atoms with Crippen LogP contribution in [0.3, 0.4) is 0 Å². The first-order chi connectivity index (χ1) is 17.5. The summed E-state index contributed by atoms with van der Waals surface area (Å²) in [4.78, 5) is 37.6. The zero-order chi connectivity index (χ0) is 28.9. The summed E-state index contributed by atoms with van der Waals surface area (Å²) in [6.07, 6.45) is -2.21. The number of aliphatic hydroxyl groups excluding tert-OH is 1. The van der Waals surface area contributed by atoms with E-state index in [0.29, 0.717) is 9.59 Å². The molecule has 0 aliphatic rings. The van der Waals surface area contributed by atoms with Crippen LogP contribution in [0.2, 0.25) is 5.02 Å². The number of carbonyl (C=O) groups is 1. The molecule has 1 aromatic carbocycles. The first-order valence-electron chi connectivity index (χ1n) is 11.2. The Kier molecular flexibility index (Phi) is 10.4. The number of H-pyrrole nitrogens is 1. The molecule has 0 amide bonds. The minimum atomic E-state index is -4.62. The third-order valence-corrected chi connectivity index (χ3v) is 6.98. The molecule has 2 aromatic rings. The Morgan fingerprint density at radius 1 is 1.24 bits per heavy atom. The van der Waals surface area contributed by atoms with Gasteiger partial charge in [0.25, 0.3) is 11.4 Å². The van der Waals surface area contributed by atoms with Gasteiger partial charge in [0.1, 0.15) is 18.4 Å². The lowest BCUT2D eigenvalue weighted by Crippen LogP contribution is -2.59. The van der Waals surface area contributed by atoms with Crippen molar-refractivity contribution in [3.8, 4) is 5.75 Å². The number of nitrogens with one attached hydrogen (secondary N) is 2. The number of nitrogens with zero attached hydrogens (tertiary/aromatic N) is 1. The van der Waals surface area contributed by atoms with Gasteiger partial charge in [-0.2, -0.15) is 5.09 Å². The third kappa shape index (κ3) is 7.96. The van der Waals surface area contributed by atoms with Gasteiger partial charge in [0.15, 0.2) is 11.8 Å². The van der Waals surface area contributed by atoms with Crippen LogP contribution in [-0.4, -0.2) is 63.6 Å². The fourth-order valence-electron chi connectivity index (χ4n) is 3.08. The van der Waals surface area contributed by atoms with Crippen LogP contribution in [0.25, 0.3) is 0 Å². The molecule has 16 heteroatoms. The van der Waals surface area contributed by atoms with Crippen LogP contribution in [0.1, 0.15) is 27.7 Å². The van der Waals surface area contributed by atoms with Crippen molar-refractivity contribution in [2.75, 3.05) is 13.7 Å². The summed E-state index contributed by atoms with van der Waals surface area (Å²) < 4.78 is 50.3. The molecule has 0 aliphatic heterocycles. The molecule has 212 valence electrons. The Morgan fingerprint density at radius 3 is 2.37 bits per heavy atom. The molecule has 2 unspecified atom stereocenters. The summed E-state index contributed by atoms with van der Waals surface area (Å²) in [6.45, 7) is 4.04. The molecule has 0 spiro atoms. The first kappa shape index (κ1) is 31.6. The van der Waals surface area contributed by atoms with Crippen LogP contribution in [0.15, 0.2) is 46.1 Å². The quantitative estimate of drug-likeness (QED) is 0.200. The summed E-state index contributed by atoms with van der Waals surface area (Å²) in [6, 6.07) is 5.09. The number of hydrogen-bond donors (Lipinski definition) is 4. The number of halogens is 2.